The maximum absolute atomic E-state index is 12.4. The third-order valence-corrected chi connectivity index (χ3v) is 4.34. The molecule has 6 heteroatoms. The second-order valence-electron chi connectivity index (χ2n) is 6.84. The van der Waals surface area contributed by atoms with E-state index < -0.39 is 17.9 Å². The highest BCUT2D eigenvalue weighted by Crippen LogP contribution is 2.33. The number of hydrogen-bond acceptors (Lipinski definition) is 3. The molecule has 1 aromatic rings. The molecule has 1 heterocycles. The minimum atomic E-state index is -0.628. The molecule has 2 N–H and O–H groups in total. The second kappa shape index (κ2) is 6.89. The van der Waals surface area contributed by atoms with Crippen LogP contribution < -0.4 is 10.2 Å². The highest BCUT2D eigenvalue weighted by atomic mass is 35.5. The van der Waals surface area contributed by atoms with Gasteiger partial charge in [0.15, 0.2) is 0 Å². The van der Waals surface area contributed by atoms with E-state index in [4.69, 9.17) is 11.6 Å². The molecule has 1 unspecified atom stereocenters. The summed E-state index contributed by atoms with van der Waals surface area (Å²) in [6.45, 7) is 6.38. The van der Waals surface area contributed by atoms with Crippen LogP contribution in [0.1, 0.15) is 32.8 Å². The summed E-state index contributed by atoms with van der Waals surface area (Å²) in [6.07, 6.45) is 0.746. The van der Waals surface area contributed by atoms with Crippen LogP contribution >= 0.6 is 11.6 Å². The quantitative estimate of drug-likeness (QED) is 0.826. The second-order valence-corrected chi connectivity index (χ2v) is 7.25. The highest BCUT2D eigenvalue weighted by Gasteiger charge is 2.31. The van der Waals surface area contributed by atoms with E-state index >= 15 is 0 Å². The number of amides is 2. The fraction of sp³-hybridized carbons (Fsp3) is 0.529. The van der Waals surface area contributed by atoms with Crippen molar-refractivity contribution in [1.82, 2.24) is 5.32 Å². The Morgan fingerprint density at radius 2 is 2.13 bits per heavy atom. The Morgan fingerprint density at radius 1 is 1.43 bits per heavy atom. The number of hydrogen-bond donors (Lipinski definition) is 2. The molecule has 0 radical (unpaired) electrons. The summed E-state index contributed by atoms with van der Waals surface area (Å²) in [4.78, 5) is 26.0. The SMILES string of the molecule is CC(O)CC(C)(C)CNC(=O)C(=O)N1CCc2c(Cl)cccc21. The Morgan fingerprint density at radius 3 is 2.78 bits per heavy atom. The van der Waals surface area contributed by atoms with Gasteiger partial charge in [-0.15, -0.1) is 0 Å². The zero-order valence-electron chi connectivity index (χ0n) is 13.7. The smallest absolute Gasteiger partial charge is 0.316 e. The number of nitrogens with one attached hydrogen (secondary N) is 1. The van der Waals surface area contributed by atoms with Crippen molar-refractivity contribution >= 4 is 29.1 Å². The summed E-state index contributed by atoms with van der Waals surface area (Å²) in [5.74, 6) is -1.20. The number of nitrogens with zero attached hydrogens (tertiary/aromatic N) is 1. The summed E-state index contributed by atoms with van der Waals surface area (Å²) in [7, 11) is 0. The maximum Gasteiger partial charge on any atom is 0.316 e. The standard InChI is InChI=1S/C17H23ClN2O3/c1-11(21)9-17(2,3)10-19-15(22)16(23)20-8-7-12-13(18)5-4-6-14(12)20/h4-6,11,21H,7-10H2,1-3H3,(H,19,22). The van der Waals surface area contributed by atoms with E-state index in [9.17, 15) is 14.7 Å². The van der Waals surface area contributed by atoms with Gasteiger partial charge < -0.3 is 15.3 Å². The van der Waals surface area contributed by atoms with Gasteiger partial charge in [-0.1, -0.05) is 31.5 Å². The largest absolute Gasteiger partial charge is 0.393 e. The molecule has 1 aliphatic heterocycles. The first kappa shape index (κ1) is 17.8. The molecule has 0 aliphatic carbocycles. The topological polar surface area (TPSA) is 69.6 Å². The number of carbonyl (C=O) groups is 2. The van der Waals surface area contributed by atoms with Gasteiger partial charge in [0, 0.05) is 23.8 Å². The maximum atomic E-state index is 12.4. The Bertz CT molecular complexity index is 614. The lowest BCUT2D eigenvalue weighted by molar-refractivity contribution is -0.137. The van der Waals surface area contributed by atoms with E-state index in [0.29, 0.717) is 36.6 Å². The summed E-state index contributed by atoms with van der Waals surface area (Å²) < 4.78 is 0. The van der Waals surface area contributed by atoms with Gasteiger partial charge in [-0.3, -0.25) is 9.59 Å². The molecule has 126 valence electrons. The number of aliphatic hydroxyl groups is 1. The van der Waals surface area contributed by atoms with Gasteiger partial charge in [-0.05, 0) is 42.9 Å². The molecule has 0 bridgehead atoms. The average Bonchev–Trinajstić information content (AvgIpc) is 2.88. The Kier molecular flexibility index (Phi) is 5.32. The molecular formula is C17H23ClN2O3. The van der Waals surface area contributed by atoms with Crippen molar-refractivity contribution in [2.45, 2.75) is 39.7 Å². The third kappa shape index (κ3) is 4.24. The van der Waals surface area contributed by atoms with Crippen molar-refractivity contribution in [2.75, 3.05) is 18.0 Å². The van der Waals surface area contributed by atoms with E-state index in [1.54, 1.807) is 25.1 Å². The van der Waals surface area contributed by atoms with Gasteiger partial charge >= 0.3 is 11.8 Å². The zero-order valence-corrected chi connectivity index (χ0v) is 14.5. The third-order valence-electron chi connectivity index (χ3n) is 3.99. The van der Waals surface area contributed by atoms with Crippen LogP contribution in [0.5, 0.6) is 0 Å². The molecule has 0 spiro atoms. The molecule has 0 saturated carbocycles. The molecule has 5 nitrogen and oxygen atoms in total. The van der Waals surface area contributed by atoms with Crippen LogP contribution in [0.25, 0.3) is 0 Å². The van der Waals surface area contributed by atoms with Crippen molar-refractivity contribution in [3.05, 3.63) is 28.8 Å². The molecule has 0 fully saturated rings. The number of halogens is 1. The number of carbonyl (C=O) groups excluding carboxylic acids is 2. The van der Waals surface area contributed by atoms with E-state index in [1.807, 2.05) is 13.8 Å². The monoisotopic (exact) mass is 338 g/mol. The van der Waals surface area contributed by atoms with Crippen molar-refractivity contribution in [1.29, 1.82) is 0 Å². The summed E-state index contributed by atoms with van der Waals surface area (Å²) in [5.41, 5.74) is 1.33. The lowest BCUT2D eigenvalue weighted by Crippen LogP contribution is -2.45. The summed E-state index contributed by atoms with van der Waals surface area (Å²) in [6, 6.07) is 5.36. The lowest BCUT2D eigenvalue weighted by Gasteiger charge is -2.26. The Hall–Kier alpha value is -1.59. The van der Waals surface area contributed by atoms with Crippen LogP contribution in [-0.2, 0) is 16.0 Å². The van der Waals surface area contributed by atoms with Crippen LogP contribution in [0.4, 0.5) is 5.69 Å². The highest BCUT2D eigenvalue weighted by molar-refractivity contribution is 6.41. The van der Waals surface area contributed by atoms with E-state index in [1.165, 1.54) is 4.90 Å². The first-order chi connectivity index (χ1) is 10.7. The van der Waals surface area contributed by atoms with Crippen LogP contribution in [0.3, 0.4) is 0 Å². The predicted molar refractivity (Wildman–Crippen MR) is 90.6 cm³/mol. The number of anilines is 1. The van der Waals surface area contributed by atoms with Crippen molar-refractivity contribution in [3.63, 3.8) is 0 Å². The fourth-order valence-corrected chi connectivity index (χ4v) is 3.26. The fourth-order valence-electron chi connectivity index (χ4n) is 2.99. The van der Waals surface area contributed by atoms with Crippen LogP contribution in [0.2, 0.25) is 5.02 Å². The first-order valence-electron chi connectivity index (χ1n) is 7.76. The molecule has 2 amide bonds. The Labute approximate surface area is 141 Å². The Balaban J connectivity index is 2.00. The number of fused-ring (bicyclic) bond motifs is 1. The van der Waals surface area contributed by atoms with Crippen LogP contribution in [0, 0.1) is 5.41 Å². The number of benzene rings is 1. The zero-order chi connectivity index (χ0) is 17.2. The number of rotatable bonds is 4. The summed E-state index contributed by atoms with van der Waals surface area (Å²) in [5, 5.41) is 12.8. The normalized spacial score (nSPS) is 15.3. The van der Waals surface area contributed by atoms with Crippen molar-refractivity contribution in [3.8, 4) is 0 Å². The van der Waals surface area contributed by atoms with Gasteiger partial charge in [0.05, 0.1) is 6.10 Å². The molecule has 0 aromatic heterocycles. The van der Waals surface area contributed by atoms with Gasteiger partial charge in [0.1, 0.15) is 0 Å². The molecule has 1 atom stereocenters. The average molecular weight is 339 g/mol. The minimum absolute atomic E-state index is 0.281. The van der Waals surface area contributed by atoms with Gasteiger partial charge in [-0.25, -0.2) is 0 Å². The summed E-state index contributed by atoms with van der Waals surface area (Å²) >= 11 is 6.13. The number of aliphatic hydroxyl groups excluding tert-OH is 1. The molecule has 1 aliphatic rings. The first-order valence-corrected chi connectivity index (χ1v) is 8.14. The predicted octanol–water partition coefficient (Wildman–Crippen LogP) is 2.14. The van der Waals surface area contributed by atoms with Crippen molar-refractivity contribution < 1.29 is 14.7 Å². The van der Waals surface area contributed by atoms with Gasteiger partial charge in [-0.2, -0.15) is 0 Å². The van der Waals surface area contributed by atoms with E-state index in [-0.39, 0.29) is 5.41 Å². The van der Waals surface area contributed by atoms with Crippen LogP contribution in [-0.4, -0.2) is 36.1 Å². The van der Waals surface area contributed by atoms with Crippen LogP contribution in [0.15, 0.2) is 18.2 Å². The molecule has 0 saturated heterocycles. The molecule has 23 heavy (non-hydrogen) atoms. The lowest BCUT2D eigenvalue weighted by atomic mass is 9.87. The van der Waals surface area contributed by atoms with E-state index in [2.05, 4.69) is 5.32 Å². The van der Waals surface area contributed by atoms with E-state index in [0.717, 1.165) is 5.56 Å². The van der Waals surface area contributed by atoms with Gasteiger partial charge in [0.25, 0.3) is 0 Å². The molecule has 1 aromatic carbocycles. The molecular weight excluding hydrogens is 316 g/mol. The minimum Gasteiger partial charge on any atom is -0.393 e. The van der Waals surface area contributed by atoms with Gasteiger partial charge in [0.2, 0.25) is 0 Å². The molecule has 2 rings (SSSR count). The van der Waals surface area contributed by atoms with Crippen molar-refractivity contribution in [2.24, 2.45) is 5.41 Å².